The summed E-state index contributed by atoms with van der Waals surface area (Å²) >= 11 is 0. The van der Waals surface area contributed by atoms with Gasteiger partial charge in [0.05, 0.1) is 0 Å². The Labute approximate surface area is 204 Å². The fourth-order valence-corrected chi connectivity index (χ4v) is 4.99. The lowest BCUT2D eigenvalue weighted by atomic mass is 9.85. The Kier molecular flexibility index (Phi) is 7.16. The molecular formula is C26H31N5O4. The molecule has 2 aliphatic rings. The van der Waals surface area contributed by atoms with Crippen molar-refractivity contribution in [1.82, 2.24) is 14.7 Å². The third-order valence-corrected chi connectivity index (χ3v) is 6.77. The summed E-state index contributed by atoms with van der Waals surface area (Å²) in [7, 11) is 0. The van der Waals surface area contributed by atoms with Crippen LogP contribution in [0.3, 0.4) is 0 Å². The van der Waals surface area contributed by atoms with Crippen LogP contribution in [0.25, 0.3) is 0 Å². The normalized spacial score (nSPS) is 17.7. The smallest absolute Gasteiger partial charge is 0.328 e. The first-order chi connectivity index (χ1) is 16.8. The zero-order chi connectivity index (χ0) is 25.0. The minimum atomic E-state index is -0.951. The molecule has 2 saturated heterocycles. The fraction of sp³-hybridized carbons (Fsp3) is 0.385. The maximum atomic E-state index is 13.4. The molecule has 0 unspecified atom stereocenters. The van der Waals surface area contributed by atoms with E-state index in [9.17, 15) is 19.2 Å². The average Bonchev–Trinajstić information content (AvgIpc) is 3.01. The van der Waals surface area contributed by atoms with Gasteiger partial charge in [-0.1, -0.05) is 42.5 Å². The molecule has 184 valence electrons. The van der Waals surface area contributed by atoms with Crippen LogP contribution in [-0.2, 0) is 27.3 Å². The van der Waals surface area contributed by atoms with Gasteiger partial charge in [0, 0.05) is 38.8 Å². The average molecular weight is 478 g/mol. The highest BCUT2D eigenvalue weighted by Gasteiger charge is 2.57. The summed E-state index contributed by atoms with van der Waals surface area (Å²) in [6, 6.07) is 17.1. The second-order valence-electron chi connectivity index (χ2n) is 9.21. The zero-order valence-electron chi connectivity index (χ0n) is 19.9. The van der Waals surface area contributed by atoms with Crippen LogP contribution in [0.5, 0.6) is 0 Å². The number of carbonyl (C=O) groups is 4. The lowest BCUT2D eigenvalue weighted by Crippen LogP contribution is -2.56. The largest absolute Gasteiger partial charge is 0.368 e. The van der Waals surface area contributed by atoms with Gasteiger partial charge in [0.1, 0.15) is 12.1 Å². The number of anilines is 1. The number of piperidine rings is 1. The molecule has 4 rings (SSSR count). The number of rotatable bonds is 8. The Bertz CT molecular complexity index is 1090. The minimum absolute atomic E-state index is 0.114. The van der Waals surface area contributed by atoms with Crippen molar-refractivity contribution < 1.29 is 19.2 Å². The Morgan fingerprint density at radius 1 is 0.971 bits per heavy atom. The molecule has 0 aliphatic carbocycles. The molecule has 2 heterocycles. The van der Waals surface area contributed by atoms with Gasteiger partial charge in [-0.2, -0.15) is 0 Å². The number of primary amides is 1. The quantitative estimate of drug-likeness (QED) is 0.564. The number of nitrogens with two attached hydrogens (primary N) is 1. The van der Waals surface area contributed by atoms with Crippen LogP contribution in [0, 0.1) is 0 Å². The molecule has 0 atom stereocenters. The number of hydrogen-bond donors (Lipinski definition) is 2. The number of nitrogens with one attached hydrogen (secondary N) is 1. The van der Waals surface area contributed by atoms with Crippen LogP contribution in [0.2, 0.25) is 0 Å². The van der Waals surface area contributed by atoms with Crippen molar-refractivity contribution in [3.05, 3.63) is 65.7 Å². The zero-order valence-corrected chi connectivity index (χ0v) is 19.9. The van der Waals surface area contributed by atoms with Crippen LogP contribution >= 0.6 is 0 Å². The molecule has 35 heavy (non-hydrogen) atoms. The van der Waals surface area contributed by atoms with E-state index in [2.05, 4.69) is 10.2 Å². The molecule has 2 fully saturated rings. The van der Waals surface area contributed by atoms with Gasteiger partial charge in [-0.05, 0) is 42.5 Å². The first-order valence-corrected chi connectivity index (χ1v) is 11.8. The molecule has 9 nitrogen and oxygen atoms in total. The van der Waals surface area contributed by atoms with E-state index in [4.69, 9.17) is 5.73 Å². The summed E-state index contributed by atoms with van der Waals surface area (Å²) < 4.78 is 0. The highest BCUT2D eigenvalue weighted by Crippen LogP contribution is 2.37. The van der Waals surface area contributed by atoms with E-state index in [0.29, 0.717) is 45.4 Å². The van der Waals surface area contributed by atoms with E-state index >= 15 is 0 Å². The predicted octanol–water partition coefficient (Wildman–Crippen LogP) is 1.97. The first kappa shape index (κ1) is 24.4. The maximum absolute atomic E-state index is 13.4. The van der Waals surface area contributed by atoms with Crippen LogP contribution < -0.4 is 11.1 Å². The van der Waals surface area contributed by atoms with Crippen LogP contribution in [-0.4, -0.2) is 70.2 Å². The molecule has 2 aromatic carbocycles. The molecule has 3 N–H and O–H groups in total. The topological polar surface area (TPSA) is 116 Å². The molecule has 0 radical (unpaired) electrons. The van der Waals surface area contributed by atoms with E-state index in [1.54, 1.807) is 4.90 Å². The van der Waals surface area contributed by atoms with Gasteiger partial charge in [0.15, 0.2) is 0 Å². The number of hydrogen-bond acceptors (Lipinski definition) is 5. The third kappa shape index (κ3) is 5.35. The summed E-state index contributed by atoms with van der Waals surface area (Å²) in [5.74, 6) is -1.14. The van der Waals surface area contributed by atoms with E-state index in [1.165, 1.54) is 6.92 Å². The van der Waals surface area contributed by atoms with Crippen molar-refractivity contribution in [3.63, 3.8) is 0 Å². The SMILES string of the molecule is CC(=O)Nc1ccc(CN2CCC3(CC2)C(=O)N(CC(N)=O)C(=O)N3CCc2ccccc2)cc1. The summed E-state index contributed by atoms with van der Waals surface area (Å²) in [6.07, 6.45) is 1.60. The first-order valence-electron chi connectivity index (χ1n) is 11.8. The van der Waals surface area contributed by atoms with E-state index in [1.807, 2.05) is 54.6 Å². The third-order valence-electron chi connectivity index (χ3n) is 6.77. The molecular weight excluding hydrogens is 446 g/mol. The summed E-state index contributed by atoms with van der Waals surface area (Å²) in [4.78, 5) is 54.4. The molecule has 0 saturated carbocycles. The summed E-state index contributed by atoms with van der Waals surface area (Å²) in [5.41, 5.74) is 7.31. The Morgan fingerprint density at radius 2 is 1.63 bits per heavy atom. The molecule has 2 aliphatic heterocycles. The van der Waals surface area contributed by atoms with Crippen molar-refractivity contribution >= 4 is 29.4 Å². The monoisotopic (exact) mass is 477 g/mol. The molecule has 5 amide bonds. The van der Waals surface area contributed by atoms with Crippen molar-refractivity contribution in [2.75, 3.05) is 31.5 Å². The summed E-state index contributed by atoms with van der Waals surface area (Å²) in [6.45, 7) is 3.45. The maximum Gasteiger partial charge on any atom is 0.328 e. The van der Waals surface area contributed by atoms with Gasteiger partial charge in [-0.25, -0.2) is 4.79 Å². The van der Waals surface area contributed by atoms with E-state index in [-0.39, 0.29) is 11.8 Å². The molecule has 1 spiro atoms. The highest BCUT2D eigenvalue weighted by molar-refractivity contribution is 6.09. The number of imide groups is 1. The van der Waals surface area contributed by atoms with Gasteiger partial charge < -0.3 is 16.0 Å². The van der Waals surface area contributed by atoms with Crippen LogP contribution in [0.1, 0.15) is 30.9 Å². The van der Waals surface area contributed by atoms with Gasteiger partial charge >= 0.3 is 6.03 Å². The van der Waals surface area contributed by atoms with Crippen molar-refractivity contribution in [3.8, 4) is 0 Å². The molecule has 0 bridgehead atoms. The predicted molar refractivity (Wildman–Crippen MR) is 131 cm³/mol. The van der Waals surface area contributed by atoms with E-state index in [0.717, 1.165) is 21.7 Å². The lowest BCUT2D eigenvalue weighted by molar-refractivity contribution is -0.137. The lowest BCUT2D eigenvalue weighted by Gasteiger charge is -2.42. The van der Waals surface area contributed by atoms with Gasteiger partial charge in [0.25, 0.3) is 5.91 Å². The molecule has 0 aromatic heterocycles. The van der Waals surface area contributed by atoms with Gasteiger partial charge in [-0.3, -0.25) is 24.2 Å². The Morgan fingerprint density at radius 3 is 2.23 bits per heavy atom. The van der Waals surface area contributed by atoms with E-state index < -0.39 is 24.0 Å². The second-order valence-corrected chi connectivity index (χ2v) is 9.21. The number of carbonyl (C=O) groups excluding carboxylic acids is 4. The number of amides is 5. The number of urea groups is 1. The second kappa shape index (κ2) is 10.3. The molecule has 9 heteroatoms. The van der Waals surface area contributed by atoms with Crippen molar-refractivity contribution in [2.24, 2.45) is 5.73 Å². The summed E-state index contributed by atoms with van der Waals surface area (Å²) in [5, 5.41) is 2.76. The Hall–Kier alpha value is -3.72. The number of likely N-dealkylation sites (tertiary alicyclic amines) is 1. The number of nitrogens with zero attached hydrogens (tertiary/aromatic N) is 3. The molecule has 2 aromatic rings. The van der Waals surface area contributed by atoms with Gasteiger partial charge in [0.2, 0.25) is 11.8 Å². The van der Waals surface area contributed by atoms with Gasteiger partial charge in [-0.15, -0.1) is 0 Å². The van der Waals surface area contributed by atoms with Crippen LogP contribution in [0.15, 0.2) is 54.6 Å². The van der Waals surface area contributed by atoms with Crippen molar-refractivity contribution in [1.29, 1.82) is 0 Å². The standard InChI is InChI=1S/C26H31N5O4/c1-19(32)28-22-9-7-21(8-10-22)17-29-15-12-26(13-16-29)24(34)30(18-23(27)33)25(35)31(26)14-11-20-5-3-2-4-6-20/h2-10H,11-18H2,1H3,(H2,27,33)(H,28,32). The van der Waals surface area contributed by atoms with Crippen LogP contribution in [0.4, 0.5) is 10.5 Å². The van der Waals surface area contributed by atoms with Crippen molar-refractivity contribution in [2.45, 2.75) is 38.3 Å². The highest BCUT2D eigenvalue weighted by atomic mass is 16.2. The fourth-order valence-electron chi connectivity index (χ4n) is 4.99. The Balaban J connectivity index is 1.46. The number of benzene rings is 2. The minimum Gasteiger partial charge on any atom is -0.368 e.